The van der Waals surface area contributed by atoms with Gasteiger partial charge in [-0.3, -0.25) is 0 Å². The third-order valence-electron chi connectivity index (χ3n) is 3.29. The van der Waals surface area contributed by atoms with Crippen LogP contribution in [-0.4, -0.2) is 40.0 Å². The minimum absolute atomic E-state index is 0.0982. The Morgan fingerprint density at radius 2 is 2.22 bits per heavy atom. The predicted molar refractivity (Wildman–Crippen MR) is 66.8 cm³/mol. The summed E-state index contributed by atoms with van der Waals surface area (Å²) in [5.41, 5.74) is 0.727. The molecule has 2 unspecified atom stereocenters. The fraction of sp³-hybridized carbons (Fsp3) is 0.500. The number of benzene rings is 1. The molecule has 1 aromatic carbocycles. The van der Waals surface area contributed by atoms with Gasteiger partial charge in [0.25, 0.3) is 0 Å². The monoisotopic (exact) mass is 269 g/mol. The van der Waals surface area contributed by atoms with Gasteiger partial charge in [-0.15, -0.1) is 0 Å². The maximum Gasteiger partial charge on any atom is 0.175 e. The van der Waals surface area contributed by atoms with E-state index >= 15 is 0 Å². The maximum atomic E-state index is 11.5. The summed E-state index contributed by atoms with van der Waals surface area (Å²) >= 11 is 0. The van der Waals surface area contributed by atoms with E-state index in [-0.39, 0.29) is 12.1 Å². The summed E-state index contributed by atoms with van der Waals surface area (Å²) < 4.78 is 34.3. The number of rotatable bonds is 1. The predicted octanol–water partition coefficient (Wildman–Crippen LogP) is 1.05. The van der Waals surface area contributed by atoms with Gasteiger partial charge < -0.3 is 14.8 Å². The number of nitrogens with one attached hydrogen (secondary N) is 1. The molecular formula is C12H15NO4S. The fourth-order valence-corrected chi connectivity index (χ4v) is 2.96. The lowest BCUT2D eigenvalue weighted by molar-refractivity contribution is 0.00987. The number of ether oxygens (including phenoxy) is 2. The molecular weight excluding hydrogens is 254 g/mol. The van der Waals surface area contributed by atoms with E-state index in [0.717, 1.165) is 12.1 Å². The molecule has 6 heteroatoms. The van der Waals surface area contributed by atoms with Crippen LogP contribution in [0.4, 0.5) is 5.69 Å². The van der Waals surface area contributed by atoms with Crippen molar-refractivity contribution in [1.29, 1.82) is 0 Å². The van der Waals surface area contributed by atoms with Crippen molar-refractivity contribution in [2.45, 2.75) is 23.5 Å². The molecule has 2 aliphatic heterocycles. The van der Waals surface area contributed by atoms with Gasteiger partial charge in [0.1, 0.15) is 11.9 Å². The van der Waals surface area contributed by atoms with E-state index < -0.39 is 9.84 Å². The van der Waals surface area contributed by atoms with Gasteiger partial charge in [0, 0.05) is 12.7 Å². The molecule has 0 amide bonds. The van der Waals surface area contributed by atoms with Crippen LogP contribution in [0.1, 0.15) is 6.42 Å². The lowest BCUT2D eigenvalue weighted by atomic mass is 10.0. The summed E-state index contributed by atoms with van der Waals surface area (Å²) in [5, 5.41) is 3.30. The molecule has 2 aliphatic rings. The van der Waals surface area contributed by atoms with Crippen LogP contribution < -0.4 is 10.1 Å². The molecule has 18 heavy (non-hydrogen) atoms. The Morgan fingerprint density at radius 3 is 3.00 bits per heavy atom. The molecule has 5 nitrogen and oxygen atoms in total. The Labute approximate surface area is 106 Å². The quantitative estimate of drug-likeness (QED) is 0.825. The molecule has 1 aromatic rings. The van der Waals surface area contributed by atoms with Crippen LogP contribution in [0.3, 0.4) is 0 Å². The van der Waals surface area contributed by atoms with Crippen LogP contribution in [-0.2, 0) is 14.6 Å². The van der Waals surface area contributed by atoms with Gasteiger partial charge in [-0.1, -0.05) is 0 Å². The Morgan fingerprint density at radius 1 is 1.39 bits per heavy atom. The highest BCUT2D eigenvalue weighted by Crippen LogP contribution is 2.35. The zero-order valence-corrected chi connectivity index (χ0v) is 10.9. The minimum Gasteiger partial charge on any atom is -0.486 e. The summed E-state index contributed by atoms with van der Waals surface area (Å²) in [6, 6.07) is 5.01. The SMILES string of the molecule is CS(=O)(=O)c1ccc2c(c1)NC1COCCC1O2. The molecule has 2 heterocycles. The molecule has 0 aliphatic carbocycles. The van der Waals surface area contributed by atoms with Crippen LogP contribution in [0.15, 0.2) is 23.1 Å². The topological polar surface area (TPSA) is 64.6 Å². The van der Waals surface area contributed by atoms with E-state index in [9.17, 15) is 8.42 Å². The average Bonchev–Trinajstić information content (AvgIpc) is 2.34. The zero-order valence-electron chi connectivity index (χ0n) is 10.0. The number of sulfone groups is 1. The lowest BCUT2D eigenvalue weighted by Gasteiger charge is -2.37. The van der Waals surface area contributed by atoms with E-state index in [1.807, 2.05) is 0 Å². The second-order valence-corrected chi connectivity index (χ2v) is 6.72. The molecule has 3 rings (SSSR count). The Bertz CT molecular complexity index is 569. The summed E-state index contributed by atoms with van der Waals surface area (Å²) in [7, 11) is -3.19. The van der Waals surface area contributed by atoms with E-state index in [0.29, 0.717) is 23.9 Å². The molecule has 2 atom stereocenters. The standard InChI is InChI=1S/C12H15NO4S/c1-18(14,15)8-2-3-11-9(6-8)13-10-7-16-5-4-12(10)17-11/h2-3,6,10,12-13H,4-5,7H2,1H3. The van der Waals surface area contributed by atoms with Crippen LogP contribution in [0, 0.1) is 0 Å². The Balaban J connectivity index is 1.96. The summed E-state index contributed by atoms with van der Waals surface area (Å²) in [6.45, 7) is 1.30. The van der Waals surface area contributed by atoms with E-state index in [2.05, 4.69) is 5.32 Å². The van der Waals surface area contributed by atoms with Gasteiger partial charge in [0.2, 0.25) is 0 Å². The van der Waals surface area contributed by atoms with Gasteiger partial charge in [0.15, 0.2) is 9.84 Å². The first kappa shape index (κ1) is 11.8. The molecule has 0 aromatic heterocycles. The Hall–Kier alpha value is -1.27. The minimum atomic E-state index is -3.19. The van der Waals surface area contributed by atoms with Crippen molar-refractivity contribution in [3.8, 4) is 5.75 Å². The highest BCUT2D eigenvalue weighted by molar-refractivity contribution is 7.90. The van der Waals surface area contributed by atoms with Crippen molar-refractivity contribution < 1.29 is 17.9 Å². The normalized spacial score (nSPS) is 26.5. The van der Waals surface area contributed by atoms with Gasteiger partial charge >= 0.3 is 0 Å². The third kappa shape index (κ3) is 2.06. The first-order valence-electron chi connectivity index (χ1n) is 5.89. The van der Waals surface area contributed by atoms with Gasteiger partial charge in [-0.2, -0.15) is 0 Å². The van der Waals surface area contributed by atoms with Crippen molar-refractivity contribution in [2.24, 2.45) is 0 Å². The largest absolute Gasteiger partial charge is 0.486 e. The van der Waals surface area contributed by atoms with Crippen LogP contribution in [0.5, 0.6) is 5.75 Å². The molecule has 0 spiro atoms. The second kappa shape index (κ2) is 4.13. The van der Waals surface area contributed by atoms with E-state index in [1.54, 1.807) is 18.2 Å². The van der Waals surface area contributed by atoms with Crippen molar-refractivity contribution in [3.63, 3.8) is 0 Å². The molecule has 1 fully saturated rings. The van der Waals surface area contributed by atoms with Crippen molar-refractivity contribution >= 4 is 15.5 Å². The Kier molecular flexibility index (Phi) is 2.71. The third-order valence-corrected chi connectivity index (χ3v) is 4.40. The number of fused-ring (bicyclic) bond motifs is 2. The van der Waals surface area contributed by atoms with Crippen LogP contribution in [0.2, 0.25) is 0 Å². The van der Waals surface area contributed by atoms with E-state index in [4.69, 9.17) is 9.47 Å². The smallest absolute Gasteiger partial charge is 0.175 e. The molecule has 0 saturated carbocycles. The summed E-state index contributed by atoms with van der Waals surface area (Å²) in [4.78, 5) is 0.299. The van der Waals surface area contributed by atoms with Crippen LogP contribution >= 0.6 is 0 Å². The first-order valence-corrected chi connectivity index (χ1v) is 7.78. The summed E-state index contributed by atoms with van der Waals surface area (Å²) in [5.74, 6) is 0.713. The van der Waals surface area contributed by atoms with E-state index in [1.165, 1.54) is 6.26 Å². The average molecular weight is 269 g/mol. The maximum absolute atomic E-state index is 11.5. The van der Waals surface area contributed by atoms with Gasteiger partial charge in [-0.05, 0) is 18.2 Å². The molecule has 1 saturated heterocycles. The number of hydrogen-bond acceptors (Lipinski definition) is 5. The van der Waals surface area contributed by atoms with Crippen molar-refractivity contribution in [3.05, 3.63) is 18.2 Å². The molecule has 0 radical (unpaired) electrons. The van der Waals surface area contributed by atoms with Crippen LogP contribution in [0.25, 0.3) is 0 Å². The first-order chi connectivity index (χ1) is 8.54. The second-order valence-electron chi connectivity index (χ2n) is 4.70. The van der Waals surface area contributed by atoms with Crippen molar-refractivity contribution in [2.75, 3.05) is 24.8 Å². The highest BCUT2D eigenvalue weighted by atomic mass is 32.2. The number of hydrogen-bond donors (Lipinski definition) is 1. The molecule has 0 bridgehead atoms. The van der Waals surface area contributed by atoms with Gasteiger partial charge in [0.05, 0.1) is 29.8 Å². The van der Waals surface area contributed by atoms with Gasteiger partial charge in [-0.25, -0.2) is 8.42 Å². The molecule has 1 N–H and O–H groups in total. The molecule has 98 valence electrons. The number of anilines is 1. The fourth-order valence-electron chi connectivity index (χ4n) is 2.31. The van der Waals surface area contributed by atoms with Crippen molar-refractivity contribution in [1.82, 2.24) is 0 Å². The summed E-state index contributed by atoms with van der Waals surface area (Å²) in [6.07, 6.45) is 2.16. The highest BCUT2D eigenvalue weighted by Gasteiger charge is 2.32. The zero-order chi connectivity index (χ0) is 12.8. The lowest BCUT2D eigenvalue weighted by Crippen LogP contribution is -2.48.